The van der Waals surface area contributed by atoms with Crippen LogP contribution in [-0.2, 0) is 0 Å². The molecule has 0 heterocycles. The van der Waals surface area contributed by atoms with E-state index in [1.807, 2.05) is 6.92 Å². The summed E-state index contributed by atoms with van der Waals surface area (Å²) in [5.74, 6) is 0. The largest absolute Gasteiger partial charge is 0.363 e. The van der Waals surface area contributed by atoms with Crippen LogP contribution in [0.5, 0.6) is 0 Å². The molecule has 0 radical (unpaired) electrons. The summed E-state index contributed by atoms with van der Waals surface area (Å²) < 4.78 is 0. The fourth-order valence-corrected chi connectivity index (χ4v) is 1.79. The van der Waals surface area contributed by atoms with Crippen LogP contribution in [0.15, 0.2) is 12.1 Å². The topological polar surface area (TPSA) is 24.1 Å². The molecule has 1 aromatic carbocycles. The quantitative estimate of drug-likeness (QED) is 0.635. The van der Waals surface area contributed by atoms with E-state index in [9.17, 15) is 0 Å². The van der Waals surface area contributed by atoms with E-state index in [1.165, 1.54) is 0 Å². The summed E-state index contributed by atoms with van der Waals surface area (Å²) >= 11 is 22.6. The minimum atomic E-state index is 0.418. The maximum atomic E-state index is 5.95. The predicted octanol–water partition coefficient (Wildman–Crippen LogP) is 3.95. The number of hydrogen-bond acceptors (Lipinski definition) is 1. The molecule has 0 aromatic heterocycles. The van der Waals surface area contributed by atoms with E-state index in [1.54, 1.807) is 12.1 Å². The molecule has 0 spiro atoms. The number of nitrogens with one attached hydrogen (secondary N) is 2. The first-order chi connectivity index (χ1) is 7.04. The Labute approximate surface area is 109 Å². The number of rotatable bonds is 2. The van der Waals surface area contributed by atoms with Crippen molar-refractivity contribution in [2.75, 3.05) is 11.9 Å². The van der Waals surface area contributed by atoms with Crippen LogP contribution in [0, 0.1) is 0 Å². The summed E-state index contributed by atoms with van der Waals surface area (Å²) in [4.78, 5) is 0. The minimum absolute atomic E-state index is 0.418. The molecule has 0 unspecified atom stereocenters. The highest BCUT2D eigenvalue weighted by Crippen LogP contribution is 2.32. The lowest BCUT2D eigenvalue weighted by Gasteiger charge is -2.11. The molecule has 1 aromatic rings. The summed E-state index contributed by atoms with van der Waals surface area (Å²) in [6.45, 7) is 2.69. The molecule has 0 amide bonds. The van der Waals surface area contributed by atoms with Crippen LogP contribution in [0.1, 0.15) is 6.92 Å². The lowest BCUT2D eigenvalue weighted by molar-refractivity contribution is 0.979. The lowest BCUT2D eigenvalue weighted by Crippen LogP contribution is -2.28. The van der Waals surface area contributed by atoms with E-state index in [-0.39, 0.29) is 0 Å². The molecule has 0 aliphatic carbocycles. The lowest BCUT2D eigenvalue weighted by atomic mass is 10.3. The third-order valence-corrected chi connectivity index (χ3v) is 2.88. The summed E-state index contributed by atoms with van der Waals surface area (Å²) in [5, 5.41) is 7.69. The van der Waals surface area contributed by atoms with Crippen LogP contribution in [-0.4, -0.2) is 11.7 Å². The third kappa shape index (κ3) is 3.68. The Balaban J connectivity index is 2.86. The van der Waals surface area contributed by atoms with Crippen LogP contribution < -0.4 is 10.6 Å². The second kappa shape index (κ2) is 5.75. The van der Waals surface area contributed by atoms with Crippen molar-refractivity contribution in [3.8, 4) is 0 Å². The highest BCUT2D eigenvalue weighted by Gasteiger charge is 2.06. The van der Waals surface area contributed by atoms with Crippen molar-refractivity contribution in [3.05, 3.63) is 27.2 Å². The van der Waals surface area contributed by atoms with Crippen molar-refractivity contribution < 1.29 is 0 Å². The van der Waals surface area contributed by atoms with Crippen molar-refractivity contribution in [1.29, 1.82) is 0 Å². The fourth-order valence-electron chi connectivity index (χ4n) is 0.945. The molecule has 2 nitrogen and oxygen atoms in total. The monoisotopic (exact) mass is 282 g/mol. The van der Waals surface area contributed by atoms with Gasteiger partial charge in [0, 0.05) is 6.54 Å². The Morgan fingerprint density at radius 1 is 1.20 bits per heavy atom. The van der Waals surface area contributed by atoms with Crippen LogP contribution in [0.25, 0.3) is 0 Å². The first-order valence-corrected chi connectivity index (χ1v) is 5.78. The molecular formula is C9H9Cl3N2S. The SMILES string of the molecule is CCNC(=S)Nc1cc(Cl)c(Cl)cc1Cl. The standard InChI is InChI=1S/C9H9Cl3N2S/c1-2-13-9(15)14-8-4-6(11)5(10)3-7(8)12/h3-4H,2H2,1H3,(H2,13,14,15). The second-order valence-corrected chi connectivity index (χ2v) is 4.36. The number of hydrogen-bond donors (Lipinski definition) is 2. The van der Waals surface area contributed by atoms with Gasteiger partial charge in [-0.3, -0.25) is 0 Å². The maximum absolute atomic E-state index is 5.95. The van der Waals surface area contributed by atoms with Crippen molar-refractivity contribution in [2.45, 2.75) is 6.92 Å². The summed E-state index contributed by atoms with van der Waals surface area (Å²) in [6, 6.07) is 3.21. The smallest absolute Gasteiger partial charge is 0.170 e. The Kier molecular flexibility index (Phi) is 4.93. The average Bonchev–Trinajstić information content (AvgIpc) is 2.14. The van der Waals surface area contributed by atoms with Crippen LogP contribution in [0.3, 0.4) is 0 Å². The molecule has 0 saturated heterocycles. The van der Waals surface area contributed by atoms with Gasteiger partial charge in [-0.1, -0.05) is 34.8 Å². The number of benzene rings is 1. The molecule has 0 atom stereocenters. The zero-order valence-electron chi connectivity index (χ0n) is 7.90. The first kappa shape index (κ1) is 12.8. The Morgan fingerprint density at radius 2 is 1.80 bits per heavy atom. The molecule has 0 bridgehead atoms. The van der Waals surface area contributed by atoms with Gasteiger partial charge in [0.2, 0.25) is 0 Å². The van der Waals surface area contributed by atoms with Crippen LogP contribution in [0.4, 0.5) is 5.69 Å². The van der Waals surface area contributed by atoms with E-state index < -0.39 is 0 Å². The Bertz CT molecular complexity index is 382. The summed E-state index contributed by atoms with van der Waals surface area (Å²) in [6.07, 6.45) is 0. The van der Waals surface area contributed by atoms with Gasteiger partial charge in [0.1, 0.15) is 0 Å². The van der Waals surface area contributed by atoms with Crippen LogP contribution in [0.2, 0.25) is 15.1 Å². The van der Waals surface area contributed by atoms with Gasteiger partial charge >= 0.3 is 0 Å². The van der Waals surface area contributed by atoms with Crippen molar-refractivity contribution >= 4 is 57.8 Å². The predicted molar refractivity (Wildman–Crippen MR) is 71.4 cm³/mol. The van der Waals surface area contributed by atoms with Gasteiger partial charge in [-0.05, 0) is 31.3 Å². The highest BCUT2D eigenvalue weighted by molar-refractivity contribution is 7.80. The first-order valence-electron chi connectivity index (χ1n) is 4.24. The second-order valence-electron chi connectivity index (χ2n) is 2.73. The summed E-state index contributed by atoms with van der Waals surface area (Å²) in [5.41, 5.74) is 0.636. The molecule has 82 valence electrons. The van der Waals surface area contributed by atoms with E-state index in [0.717, 1.165) is 6.54 Å². The Hall–Kier alpha value is -0.220. The molecular weight excluding hydrogens is 275 g/mol. The molecule has 2 N–H and O–H groups in total. The van der Waals surface area contributed by atoms with E-state index in [0.29, 0.717) is 25.9 Å². The third-order valence-electron chi connectivity index (χ3n) is 1.60. The molecule has 0 fully saturated rings. The van der Waals surface area contributed by atoms with E-state index >= 15 is 0 Å². The summed E-state index contributed by atoms with van der Waals surface area (Å²) in [7, 11) is 0. The number of thiocarbonyl (C=S) groups is 1. The van der Waals surface area contributed by atoms with Gasteiger partial charge in [0.05, 0.1) is 20.8 Å². The number of halogens is 3. The molecule has 1 rings (SSSR count). The number of anilines is 1. The van der Waals surface area contributed by atoms with E-state index in [2.05, 4.69) is 10.6 Å². The molecule has 0 aliphatic heterocycles. The Morgan fingerprint density at radius 3 is 2.40 bits per heavy atom. The fraction of sp³-hybridized carbons (Fsp3) is 0.222. The van der Waals surface area contributed by atoms with Gasteiger partial charge in [-0.2, -0.15) is 0 Å². The highest BCUT2D eigenvalue weighted by atomic mass is 35.5. The van der Waals surface area contributed by atoms with Crippen molar-refractivity contribution in [2.24, 2.45) is 0 Å². The molecule has 0 saturated carbocycles. The average molecular weight is 284 g/mol. The molecule has 0 aliphatic rings. The maximum Gasteiger partial charge on any atom is 0.170 e. The minimum Gasteiger partial charge on any atom is -0.363 e. The van der Waals surface area contributed by atoms with E-state index in [4.69, 9.17) is 47.0 Å². The molecule has 15 heavy (non-hydrogen) atoms. The van der Waals surface area contributed by atoms with Crippen molar-refractivity contribution in [1.82, 2.24) is 5.32 Å². The van der Waals surface area contributed by atoms with Gasteiger partial charge in [0.25, 0.3) is 0 Å². The van der Waals surface area contributed by atoms with Gasteiger partial charge in [-0.25, -0.2) is 0 Å². The van der Waals surface area contributed by atoms with Crippen LogP contribution >= 0.6 is 47.0 Å². The normalized spacial score (nSPS) is 9.87. The van der Waals surface area contributed by atoms with Gasteiger partial charge in [-0.15, -0.1) is 0 Å². The molecule has 6 heteroatoms. The zero-order chi connectivity index (χ0) is 11.4. The zero-order valence-corrected chi connectivity index (χ0v) is 11.0. The van der Waals surface area contributed by atoms with Gasteiger partial charge < -0.3 is 10.6 Å². The van der Waals surface area contributed by atoms with Gasteiger partial charge in [0.15, 0.2) is 5.11 Å². The van der Waals surface area contributed by atoms with Crippen molar-refractivity contribution in [3.63, 3.8) is 0 Å².